The van der Waals surface area contributed by atoms with Crippen LogP contribution in [0.3, 0.4) is 0 Å². The highest BCUT2D eigenvalue weighted by molar-refractivity contribution is 5.73. The van der Waals surface area contributed by atoms with Crippen molar-refractivity contribution in [2.75, 3.05) is 7.11 Å². The molecule has 3 rings (SSSR count). The number of hydrogen-bond acceptors (Lipinski definition) is 4. The van der Waals surface area contributed by atoms with Crippen LogP contribution in [0.2, 0.25) is 0 Å². The smallest absolute Gasteiger partial charge is 0.357 e. The Hall–Kier alpha value is -3.02. The first kappa shape index (κ1) is 13.0. The fourth-order valence-corrected chi connectivity index (χ4v) is 2.22. The van der Waals surface area contributed by atoms with Crippen LogP contribution in [0.5, 0.6) is 5.75 Å². The molecule has 0 aliphatic heterocycles. The molecule has 0 fully saturated rings. The molecule has 0 spiro atoms. The van der Waals surface area contributed by atoms with Crippen molar-refractivity contribution in [3.63, 3.8) is 0 Å². The molecule has 0 bridgehead atoms. The van der Waals surface area contributed by atoms with E-state index in [2.05, 4.69) is 0 Å². The number of benzene rings is 2. The van der Waals surface area contributed by atoms with Gasteiger partial charge in [0.05, 0.1) is 12.7 Å². The van der Waals surface area contributed by atoms with Crippen LogP contribution in [0.4, 0.5) is 0 Å². The minimum absolute atomic E-state index is 0.140. The molecule has 0 atom stereocenters. The van der Waals surface area contributed by atoms with Gasteiger partial charge in [0.15, 0.2) is 5.52 Å². The molecule has 0 radical (unpaired) electrons. The highest BCUT2D eigenvalue weighted by atomic mass is 16.5. The number of ether oxygens (including phenoxy) is 1. The Morgan fingerprint density at radius 2 is 1.81 bits per heavy atom. The first-order valence-corrected chi connectivity index (χ1v) is 6.24. The van der Waals surface area contributed by atoms with E-state index < -0.39 is 5.56 Å². The van der Waals surface area contributed by atoms with E-state index in [1.54, 1.807) is 42.5 Å². The first-order valence-electron chi connectivity index (χ1n) is 6.24. The Balaban J connectivity index is 2.34. The summed E-state index contributed by atoms with van der Waals surface area (Å²) in [6.07, 6.45) is 0. The summed E-state index contributed by atoms with van der Waals surface area (Å²) in [7, 11) is 1.53. The summed E-state index contributed by atoms with van der Waals surface area (Å²) in [5.74, 6) is 0.612. The molecule has 0 saturated carbocycles. The molecule has 0 aliphatic carbocycles. The zero-order valence-electron chi connectivity index (χ0n) is 11.2. The summed E-state index contributed by atoms with van der Waals surface area (Å²) in [4.78, 5) is 12.2. The van der Waals surface area contributed by atoms with Gasteiger partial charge in [0.25, 0.3) is 5.69 Å². The Morgan fingerprint density at radius 1 is 1.14 bits per heavy atom. The van der Waals surface area contributed by atoms with E-state index >= 15 is 0 Å². The van der Waals surface area contributed by atoms with Crippen molar-refractivity contribution in [1.82, 2.24) is 4.73 Å². The molecule has 3 aromatic rings. The third-order valence-corrected chi connectivity index (χ3v) is 3.29. The predicted octanol–water partition coefficient (Wildman–Crippen LogP) is 1.55. The maximum atomic E-state index is 12.4. The number of aromatic nitrogens is 2. The molecule has 0 aliphatic rings. The van der Waals surface area contributed by atoms with E-state index in [0.29, 0.717) is 20.8 Å². The van der Waals surface area contributed by atoms with Crippen molar-refractivity contribution < 1.29 is 14.7 Å². The molecule has 0 amide bonds. The Morgan fingerprint density at radius 3 is 2.48 bits per heavy atom. The van der Waals surface area contributed by atoms with Crippen LogP contribution in [-0.4, -0.2) is 17.0 Å². The highest BCUT2D eigenvalue weighted by Gasteiger charge is 2.21. The number of nitrogens with zero attached hydrogens (tertiary/aromatic N) is 2. The van der Waals surface area contributed by atoms with Gasteiger partial charge in [0, 0.05) is 6.07 Å². The third-order valence-electron chi connectivity index (χ3n) is 3.29. The lowest BCUT2D eigenvalue weighted by Gasteiger charge is -2.09. The van der Waals surface area contributed by atoms with E-state index in [1.165, 1.54) is 13.2 Å². The van der Waals surface area contributed by atoms with Crippen LogP contribution in [0.1, 0.15) is 0 Å². The topological polar surface area (TPSA) is 78.4 Å². The van der Waals surface area contributed by atoms with Gasteiger partial charge in [0.2, 0.25) is 5.52 Å². The molecular formula is C15H12N2O4. The van der Waals surface area contributed by atoms with Crippen LogP contribution in [0.25, 0.3) is 22.3 Å². The summed E-state index contributed by atoms with van der Waals surface area (Å²) < 4.78 is 6.07. The van der Waals surface area contributed by atoms with Gasteiger partial charge in [-0.3, -0.25) is 4.79 Å². The summed E-state index contributed by atoms with van der Waals surface area (Å²) in [6, 6.07) is 12.8. The molecule has 0 unspecified atom stereocenters. The van der Waals surface area contributed by atoms with Crippen molar-refractivity contribution in [1.29, 1.82) is 0 Å². The maximum Gasteiger partial charge on any atom is 0.357 e. The maximum absolute atomic E-state index is 12.4. The monoisotopic (exact) mass is 284 g/mol. The van der Waals surface area contributed by atoms with Crippen molar-refractivity contribution in [2.24, 2.45) is 0 Å². The number of para-hydroxylation sites is 2. The number of fused-ring (bicyclic) bond motifs is 1. The average molecular weight is 284 g/mol. The van der Waals surface area contributed by atoms with E-state index in [4.69, 9.17) is 4.74 Å². The molecule has 6 heteroatoms. The number of hydrogen-bond donors (Lipinski definition) is 1. The summed E-state index contributed by atoms with van der Waals surface area (Å²) in [6.45, 7) is 0. The zero-order chi connectivity index (χ0) is 15.0. The van der Waals surface area contributed by atoms with E-state index in [0.717, 1.165) is 0 Å². The minimum Gasteiger partial charge on any atom is -0.618 e. The van der Waals surface area contributed by atoms with Gasteiger partial charge in [-0.05, 0) is 30.3 Å². The van der Waals surface area contributed by atoms with Crippen LogP contribution in [0, 0.1) is 5.21 Å². The van der Waals surface area contributed by atoms with Crippen LogP contribution < -0.4 is 15.0 Å². The van der Waals surface area contributed by atoms with E-state index in [1.807, 2.05) is 0 Å². The molecule has 21 heavy (non-hydrogen) atoms. The molecule has 1 aromatic heterocycles. The Kier molecular flexibility index (Phi) is 2.98. The fraction of sp³-hybridized carbons (Fsp3) is 0.0667. The molecule has 2 aromatic carbocycles. The van der Waals surface area contributed by atoms with Crippen molar-refractivity contribution in [3.8, 4) is 17.0 Å². The second kappa shape index (κ2) is 4.82. The standard InChI is InChI=1S/C15H12N2O4/c1-21-11-8-6-10(7-9-11)14-15(18)17(20)13-5-3-2-4-12(13)16(14)19/h2-9,20H,1H3. The molecule has 106 valence electrons. The molecule has 1 N–H and O–H groups in total. The Labute approximate surface area is 119 Å². The van der Waals surface area contributed by atoms with Gasteiger partial charge < -0.3 is 15.2 Å². The zero-order valence-corrected chi connectivity index (χ0v) is 11.2. The van der Waals surface area contributed by atoms with Gasteiger partial charge in [-0.25, -0.2) is 0 Å². The minimum atomic E-state index is -0.770. The molecule has 6 nitrogen and oxygen atoms in total. The van der Waals surface area contributed by atoms with Crippen LogP contribution >= 0.6 is 0 Å². The van der Waals surface area contributed by atoms with Gasteiger partial charge in [-0.1, -0.05) is 12.1 Å². The molecule has 0 saturated heterocycles. The van der Waals surface area contributed by atoms with E-state index in [9.17, 15) is 15.2 Å². The first-order chi connectivity index (χ1) is 10.1. The fourth-order valence-electron chi connectivity index (χ4n) is 2.22. The van der Waals surface area contributed by atoms with E-state index in [-0.39, 0.29) is 16.7 Å². The van der Waals surface area contributed by atoms with Crippen LogP contribution in [0.15, 0.2) is 53.3 Å². The lowest BCUT2D eigenvalue weighted by Crippen LogP contribution is -2.40. The van der Waals surface area contributed by atoms with Gasteiger partial charge >= 0.3 is 5.56 Å². The second-order valence-corrected chi connectivity index (χ2v) is 4.48. The van der Waals surface area contributed by atoms with Gasteiger partial charge in [-0.2, -0.15) is 4.73 Å². The quantitative estimate of drug-likeness (QED) is 0.440. The van der Waals surface area contributed by atoms with Crippen molar-refractivity contribution >= 4 is 11.0 Å². The molecule has 1 heterocycles. The normalized spacial score (nSPS) is 10.7. The summed E-state index contributed by atoms with van der Waals surface area (Å²) >= 11 is 0. The SMILES string of the molecule is COc1ccc(-c2c(=O)n(O)c3ccccc3[n+]2[O-])cc1. The average Bonchev–Trinajstić information content (AvgIpc) is 2.53. The van der Waals surface area contributed by atoms with Gasteiger partial charge in [-0.15, -0.1) is 4.73 Å². The highest BCUT2D eigenvalue weighted by Crippen LogP contribution is 2.19. The van der Waals surface area contributed by atoms with Gasteiger partial charge in [0.1, 0.15) is 5.75 Å². The third kappa shape index (κ3) is 1.97. The molecular weight excluding hydrogens is 272 g/mol. The van der Waals surface area contributed by atoms with Crippen LogP contribution in [-0.2, 0) is 0 Å². The number of methoxy groups -OCH3 is 1. The number of rotatable bonds is 2. The predicted molar refractivity (Wildman–Crippen MR) is 76.3 cm³/mol. The lowest BCUT2D eigenvalue weighted by molar-refractivity contribution is -0.566. The summed E-state index contributed by atoms with van der Waals surface area (Å²) in [5, 5.41) is 22.4. The summed E-state index contributed by atoms with van der Waals surface area (Å²) in [5.41, 5.74) is -0.128. The van der Waals surface area contributed by atoms with Crippen molar-refractivity contribution in [3.05, 3.63) is 64.1 Å². The largest absolute Gasteiger partial charge is 0.618 e. The van der Waals surface area contributed by atoms with Crippen molar-refractivity contribution in [2.45, 2.75) is 0 Å². The Bertz CT molecular complexity index is 869. The lowest BCUT2D eigenvalue weighted by atomic mass is 10.1. The second-order valence-electron chi connectivity index (χ2n) is 4.48.